The topological polar surface area (TPSA) is 90.3 Å². The minimum atomic E-state index is -0.617. The van der Waals surface area contributed by atoms with Gasteiger partial charge in [-0.3, -0.25) is 4.79 Å². The molecule has 1 unspecified atom stereocenters. The zero-order valence-electron chi connectivity index (χ0n) is 23.9. The number of rotatable bonds is 9. The molecule has 0 fully saturated rings. The van der Waals surface area contributed by atoms with Gasteiger partial charge in [0.25, 0.3) is 5.91 Å². The van der Waals surface area contributed by atoms with E-state index in [0.29, 0.717) is 33.9 Å². The fraction of sp³-hybridized carbons (Fsp3) is 0.258. The summed E-state index contributed by atoms with van der Waals surface area (Å²) < 4.78 is 27.7. The molecule has 1 amide bonds. The summed E-state index contributed by atoms with van der Waals surface area (Å²) >= 11 is 7.70. The number of hydrogen-bond acceptors (Lipinski definition) is 7. The number of aromatic nitrogens is 3. The predicted molar refractivity (Wildman–Crippen MR) is 164 cm³/mol. The van der Waals surface area contributed by atoms with Gasteiger partial charge in [-0.25, -0.2) is 9.07 Å². The average Bonchev–Trinajstić information content (AvgIpc) is 3.36. The van der Waals surface area contributed by atoms with E-state index >= 15 is 0 Å². The SMILES string of the molecule is CCSc1nc2n(n1)C(c1ccc(OCc3c(F)cccc3Cl)c(OC)c1)C(C(=O)Nc1cccc(C)c1C)=C(C)N2. The van der Waals surface area contributed by atoms with Crippen LogP contribution in [0.25, 0.3) is 0 Å². The Morgan fingerprint density at radius 1 is 1.14 bits per heavy atom. The lowest BCUT2D eigenvalue weighted by Crippen LogP contribution is -2.31. The van der Waals surface area contributed by atoms with Gasteiger partial charge in [-0.15, -0.1) is 5.10 Å². The summed E-state index contributed by atoms with van der Waals surface area (Å²) in [4.78, 5) is 18.6. The second kappa shape index (κ2) is 12.5. The maximum atomic E-state index is 14.3. The molecule has 0 saturated carbocycles. The Morgan fingerprint density at radius 3 is 2.67 bits per heavy atom. The smallest absolute Gasteiger partial charge is 0.255 e. The van der Waals surface area contributed by atoms with Crippen molar-refractivity contribution < 1.29 is 18.7 Å². The third-order valence-electron chi connectivity index (χ3n) is 7.14. The van der Waals surface area contributed by atoms with Gasteiger partial charge in [-0.05, 0) is 73.5 Å². The van der Waals surface area contributed by atoms with Gasteiger partial charge in [-0.2, -0.15) is 4.98 Å². The fourth-order valence-electron chi connectivity index (χ4n) is 4.79. The van der Waals surface area contributed by atoms with Crippen LogP contribution < -0.4 is 20.1 Å². The number of carbonyl (C=O) groups is 1. The Balaban J connectivity index is 1.53. The molecule has 1 aliphatic heterocycles. The van der Waals surface area contributed by atoms with Gasteiger partial charge in [0.2, 0.25) is 11.1 Å². The molecule has 1 aromatic heterocycles. The minimum absolute atomic E-state index is 0.0815. The van der Waals surface area contributed by atoms with E-state index in [1.165, 1.54) is 24.9 Å². The van der Waals surface area contributed by atoms with Gasteiger partial charge in [-0.1, -0.05) is 54.6 Å². The van der Waals surface area contributed by atoms with Crippen molar-refractivity contribution in [2.24, 2.45) is 0 Å². The summed E-state index contributed by atoms with van der Waals surface area (Å²) in [5.74, 6) is 1.43. The molecule has 2 heterocycles. The molecule has 0 saturated heterocycles. The number of thioether (sulfide) groups is 1. The molecule has 0 radical (unpaired) electrons. The van der Waals surface area contributed by atoms with Crippen molar-refractivity contribution in [3.63, 3.8) is 0 Å². The van der Waals surface area contributed by atoms with Crippen molar-refractivity contribution in [1.29, 1.82) is 0 Å². The van der Waals surface area contributed by atoms with Crippen LogP contribution in [-0.2, 0) is 11.4 Å². The van der Waals surface area contributed by atoms with Crippen LogP contribution in [0.5, 0.6) is 11.5 Å². The van der Waals surface area contributed by atoms with Crippen molar-refractivity contribution in [2.45, 2.75) is 45.5 Å². The Labute approximate surface area is 253 Å². The largest absolute Gasteiger partial charge is 0.493 e. The van der Waals surface area contributed by atoms with E-state index in [1.807, 2.05) is 52.0 Å². The summed E-state index contributed by atoms with van der Waals surface area (Å²) in [5.41, 5.74) is 4.92. The lowest BCUT2D eigenvalue weighted by Gasteiger charge is -2.29. The lowest BCUT2D eigenvalue weighted by atomic mass is 9.94. The average molecular weight is 608 g/mol. The first-order chi connectivity index (χ1) is 20.2. The Bertz CT molecular complexity index is 1670. The fourth-order valence-corrected chi connectivity index (χ4v) is 5.57. The maximum Gasteiger partial charge on any atom is 0.255 e. The molecule has 1 atom stereocenters. The number of hydrogen-bond donors (Lipinski definition) is 2. The van der Waals surface area contributed by atoms with Crippen molar-refractivity contribution in [3.8, 4) is 11.5 Å². The highest BCUT2D eigenvalue weighted by Crippen LogP contribution is 2.40. The first-order valence-electron chi connectivity index (χ1n) is 13.4. The van der Waals surface area contributed by atoms with E-state index in [9.17, 15) is 9.18 Å². The number of nitrogens with one attached hydrogen (secondary N) is 2. The van der Waals surface area contributed by atoms with Gasteiger partial charge in [0.1, 0.15) is 18.5 Å². The number of allylic oxidation sites excluding steroid dienone is 1. The lowest BCUT2D eigenvalue weighted by molar-refractivity contribution is -0.113. The Morgan fingerprint density at radius 2 is 1.93 bits per heavy atom. The van der Waals surface area contributed by atoms with Gasteiger partial charge in [0, 0.05) is 16.9 Å². The van der Waals surface area contributed by atoms with Gasteiger partial charge >= 0.3 is 0 Å². The molecule has 11 heteroatoms. The quantitative estimate of drug-likeness (QED) is 0.193. The van der Waals surface area contributed by atoms with Gasteiger partial charge in [0.05, 0.1) is 17.7 Å². The standard InChI is InChI=1S/C31H31ClFN5O3S/c1-6-42-31-36-30-34-19(4)27(29(39)35-24-12-7-9-17(2)18(24)3)28(38(30)37-31)20-13-14-25(26(15-20)40-5)41-16-21-22(32)10-8-11-23(21)33/h7-15,28H,6,16H2,1-5H3,(H,35,39)(H,34,36,37). The van der Waals surface area contributed by atoms with Gasteiger partial charge in [0.15, 0.2) is 11.5 Å². The third-order valence-corrected chi connectivity index (χ3v) is 8.22. The monoisotopic (exact) mass is 607 g/mol. The Kier molecular flexibility index (Phi) is 8.74. The van der Waals surface area contributed by atoms with Gasteiger partial charge < -0.3 is 20.1 Å². The number of fused-ring (bicyclic) bond motifs is 1. The molecular formula is C31H31ClFN5O3S. The third kappa shape index (κ3) is 5.82. The molecule has 1 aliphatic rings. The molecular weight excluding hydrogens is 577 g/mol. The summed E-state index contributed by atoms with van der Waals surface area (Å²) in [7, 11) is 1.52. The summed E-state index contributed by atoms with van der Waals surface area (Å²) in [5, 5.41) is 12.0. The van der Waals surface area contributed by atoms with E-state index in [4.69, 9.17) is 26.2 Å². The van der Waals surface area contributed by atoms with Crippen molar-refractivity contribution >= 4 is 40.9 Å². The highest BCUT2D eigenvalue weighted by Gasteiger charge is 2.35. The predicted octanol–water partition coefficient (Wildman–Crippen LogP) is 7.31. The number of nitrogens with zero attached hydrogens (tertiary/aromatic N) is 3. The highest BCUT2D eigenvalue weighted by molar-refractivity contribution is 7.99. The first-order valence-corrected chi connectivity index (χ1v) is 14.8. The Hall–Kier alpha value is -4.02. The van der Waals surface area contributed by atoms with E-state index in [2.05, 4.69) is 15.6 Å². The number of carbonyl (C=O) groups excluding carboxylic acids is 1. The number of halogens is 2. The van der Waals surface area contributed by atoms with Crippen LogP contribution in [0.15, 0.2) is 71.0 Å². The van der Waals surface area contributed by atoms with Crippen molar-refractivity contribution in [1.82, 2.24) is 14.8 Å². The van der Waals surface area contributed by atoms with E-state index in [0.717, 1.165) is 28.1 Å². The maximum absolute atomic E-state index is 14.3. The zero-order chi connectivity index (χ0) is 30.0. The molecule has 0 aliphatic carbocycles. The molecule has 42 heavy (non-hydrogen) atoms. The van der Waals surface area contributed by atoms with Crippen molar-refractivity contribution in [3.05, 3.63) is 99.0 Å². The molecule has 5 rings (SSSR count). The van der Waals surface area contributed by atoms with Crippen LogP contribution in [0.2, 0.25) is 5.02 Å². The van der Waals surface area contributed by atoms with E-state index in [1.54, 1.807) is 28.9 Å². The van der Waals surface area contributed by atoms with Crippen LogP contribution in [0, 0.1) is 19.7 Å². The molecule has 0 bridgehead atoms. The second-order valence-corrected chi connectivity index (χ2v) is 11.4. The van der Waals surface area contributed by atoms with E-state index < -0.39 is 11.9 Å². The van der Waals surface area contributed by atoms with E-state index in [-0.39, 0.29) is 23.1 Å². The molecule has 8 nitrogen and oxygen atoms in total. The summed E-state index contributed by atoms with van der Waals surface area (Å²) in [6.07, 6.45) is 0. The van der Waals surface area contributed by atoms with Crippen LogP contribution in [0.1, 0.15) is 42.1 Å². The van der Waals surface area contributed by atoms with Crippen LogP contribution in [0.4, 0.5) is 16.0 Å². The van der Waals surface area contributed by atoms with Crippen LogP contribution in [0.3, 0.4) is 0 Å². The zero-order valence-corrected chi connectivity index (χ0v) is 25.5. The molecule has 218 valence electrons. The van der Waals surface area contributed by atoms with Crippen LogP contribution in [-0.4, -0.2) is 33.5 Å². The first kappa shape index (κ1) is 29.5. The number of amides is 1. The highest BCUT2D eigenvalue weighted by atomic mass is 35.5. The minimum Gasteiger partial charge on any atom is -0.493 e. The molecule has 0 spiro atoms. The molecule has 2 N–H and O–H groups in total. The normalized spacial score (nSPS) is 14.3. The number of methoxy groups -OCH3 is 1. The summed E-state index contributed by atoms with van der Waals surface area (Å²) in [6.45, 7) is 7.78. The molecule has 4 aromatic rings. The number of benzene rings is 3. The number of anilines is 2. The van der Waals surface area contributed by atoms with Crippen LogP contribution >= 0.6 is 23.4 Å². The second-order valence-electron chi connectivity index (χ2n) is 9.76. The van der Waals surface area contributed by atoms with Crippen molar-refractivity contribution in [2.75, 3.05) is 23.5 Å². The number of aryl methyl sites for hydroxylation is 1. The number of ether oxygens (including phenoxy) is 2. The summed E-state index contributed by atoms with van der Waals surface area (Å²) in [6, 6.07) is 15.1. The molecule has 3 aromatic carbocycles.